The second-order valence-corrected chi connectivity index (χ2v) is 7.61. The van der Waals surface area contributed by atoms with Gasteiger partial charge in [-0.3, -0.25) is 4.79 Å². The van der Waals surface area contributed by atoms with E-state index in [1.807, 2.05) is 0 Å². The van der Waals surface area contributed by atoms with E-state index in [-0.39, 0.29) is 29.1 Å². The maximum Gasteiger partial charge on any atom is 0.226 e. The zero-order chi connectivity index (χ0) is 13.5. The fraction of sp³-hybridized carbons (Fsp3) is 0.667. The smallest absolute Gasteiger partial charge is 0.226 e. The van der Waals surface area contributed by atoms with Crippen molar-refractivity contribution in [3.05, 3.63) is 21.9 Å². The molecule has 2 N–H and O–H groups in total. The molecule has 112 valence electrons. The van der Waals surface area contributed by atoms with E-state index in [0.29, 0.717) is 6.54 Å². The molecule has 3 nitrogen and oxygen atoms in total. The molecular weight excluding hydrogens is 292 g/mol. The van der Waals surface area contributed by atoms with Crippen molar-refractivity contribution in [2.24, 2.45) is 10.8 Å². The van der Waals surface area contributed by atoms with Gasteiger partial charge in [-0.15, -0.1) is 23.7 Å². The largest absolute Gasteiger partial charge is 0.351 e. The second-order valence-electron chi connectivity index (χ2n) is 6.23. The van der Waals surface area contributed by atoms with E-state index < -0.39 is 0 Å². The molecule has 0 aromatic carbocycles. The van der Waals surface area contributed by atoms with Crippen molar-refractivity contribution in [3.63, 3.8) is 0 Å². The summed E-state index contributed by atoms with van der Waals surface area (Å²) >= 11 is 1.76. The number of aryl methyl sites for hydroxylation is 1. The van der Waals surface area contributed by atoms with Gasteiger partial charge in [0, 0.05) is 9.75 Å². The van der Waals surface area contributed by atoms with Crippen molar-refractivity contribution in [1.82, 2.24) is 10.6 Å². The second kappa shape index (κ2) is 5.66. The molecule has 0 radical (unpaired) electrons. The molecule has 2 aliphatic rings. The Morgan fingerprint density at radius 1 is 1.40 bits per heavy atom. The van der Waals surface area contributed by atoms with Crippen LogP contribution in [0.4, 0.5) is 0 Å². The standard InChI is InChI=1S/C15H22N2OS.ClH/c1-11-3-4-12(19-11)9-17-13(18)14(2)10-15(14)5-7-16-8-6-15;/h3-4,16H,5-10H2,1-2H3,(H,17,18);1H. The van der Waals surface area contributed by atoms with Gasteiger partial charge in [-0.05, 0) is 56.8 Å². The highest BCUT2D eigenvalue weighted by Crippen LogP contribution is 2.68. The predicted molar refractivity (Wildman–Crippen MR) is 85.4 cm³/mol. The monoisotopic (exact) mass is 314 g/mol. The fourth-order valence-corrected chi connectivity index (χ4v) is 4.36. The van der Waals surface area contributed by atoms with E-state index in [9.17, 15) is 4.79 Å². The van der Waals surface area contributed by atoms with Gasteiger partial charge >= 0.3 is 0 Å². The summed E-state index contributed by atoms with van der Waals surface area (Å²) in [4.78, 5) is 15.0. The third-order valence-electron chi connectivity index (χ3n) is 5.02. The van der Waals surface area contributed by atoms with E-state index in [0.717, 1.165) is 32.4 Å². The Labute approximate surface area is 130 Å². The zero-order valence-electron chi connectivity index (χ0n) is 12.1. The predicted octanol–water partition coefficient (Wildman–Crippen LogP) is 2.87. The first kappa shape index (κ1) is 15.8. The van der Waals surface area contributed by atoms with Crippen LogP contribution in [0.5, 0.6) is 0 Å². The fourth-order valence-electron chi connectivity index (χ4n) is 3.53. The minimum atomic E-state index is -0.124. The lowest BCUT2D eigenvalue weighted by Crippen LogP contribution is -2.38. The van der Waals surface area contributed by atoms with Gasteiger partial charge in [-0.2, -0.15) is 0 Å². The van der Waals surface area contributed by atoms with Gasteiger partial charge < -0.3 is 10.6 Å². The summed E-state index contributed by atoms with van der Waals surface area (Å²) in [7, 11) is 0. The van der Waals surface area contributed by atoms with Gasteiger partial charge in [-0.1, -0.05) is 6.92 Å². The molecule has 1 spiro atoms. The average Bonchev–Trinajstić information content (AvgIpc) is 2.78. The van der Waals surface area contributed by atoms with Crippen LogP contribution in [0.15, 0.2) is 12.1 Å². The minimum absolute atomic E-state index is 0. The van der Waals surface area contributed by atoms with Gasteiger partial charge in [0.1, 0.15) is 0 Å². The van der Waals surface area contributed by atoms with Crippen molar-refractivity contribution < 1.29 is 4.79 Å². The first-order valence-corrected chi connectivity index (χ1v) is 7.92. The normalized spacial score (nSPS) is 26.9. The Morgan fingerprint density at radius 3 is 2.70 bits per heavy atom. The van der Waals surface area contributed by atoms with Crippen LogP contribution in [0.25, 0.3) is 0 Å². The van der Waals surface area contributed by atoms with Gasteiger partial charge in [0.2, 0.25) is 5.91 Å². The van der Waals surface area contributed by atoms with Crippen molar-refractivity contribution >= 4 is 29.7 Å². The summed E-state index contributed by atoms with van der Waals surface area (Å²) in [6.07, 6.45) is 3.36. The Balaban J connectivity index is 0.00000147. The third-order valence-corrected chi connectivity index (χ3v) is 6.02. The SMILES string of the molecule is Cc1ccc(CNC(=O)C2(C)CC23CCNCC3)s1.Cl. The van der Waals surface area contributed by atoms with Crippen molar-refractivity contribution in [3.8, 4) is 0 Å². The molecule has 1 aromatic rings. The molecular formula is C15H23ClN2OS. The van der Waals surface area contributed by atoms with E-state index in [2.05, 4.69) is 36.6 Å². The molecule has 1 unspecified atom stereocenters. The number of piperidine rings is 1. The number of hydrogen-bond donors (Lipinski definition) is 2. The molecule has 2 heterocycles. The molecule has 1 aromatic heterocycles. The van der Waals surface area contributed by atoms with Crippen LogP contribution in [0.2, 0.25) is 0 Å². The summed E-state index contributed by atoms with van der Waals surface area (Å²) < 4.78 is 0. The Morgan fingerprint density at radius 2 is 2.10 bits per heavy atom. The summed E-state index contributed by atoms with van der Waals surface area (Å²) in [5.41, 5.74) is 0.162. The van der Waals surface area contributed by atoms with Crippen LogP contribution in [0.3, 0.4) is 0 Å². The van der Waals surface area contributed by atoms with Gasteiger partial charge in [0.05, 0.1) is 12.0 Å². The molecule has 1 saturated heterocycles. The lowest BCUT2D eigenvalue weighted by Gasteiger charge is -2.27. The molecule has 0 bridgehead atoms. The lowest BCUT2D eigenvalue weighted by molar-refractivity contribution is -0.127. The van der Waals surface area contributed by atoms with Gasteiger partial charge in [0.15, 0.2) is 0 Å². The van der Waals surface area contributed by atoms with Crippen LogP contribution in [-0.2, 0) is 11.3 Å². The first-order valence-electron chi connectivity index (χ1n) is 7.10. The Bertz CT molecular complexity index is 496. The molecule has 1 aliphatic carbocycles. The molecule has 3 rings (SSSR count). The van der Waals surface area contributed by atoms with Crippen LogP contribution < -0.4 is 10.6 Å². The van der Waals surface area contributed by atoms with Gasteiger partial charge in [0.25, 0.3) is 0 Å². The van der Waals surface area contributed by atoms with Crippen LogP contribution in [-0.4, -0.2) is 19.0 Å². The number of thiophene rings is 1. The average molecular weight is 315 g/mol. The maximum absolute atomic E-state index is 12.5. The summed E-state index contributed by atoms with van der Waals surface area (Å²) in [5.74, 6) is 0.250. The molecule has 2 fully saturated rings. The van der Waals surface area contributed by atoms with Crippen LogP contribution in [0.1, 0.15) is 35.9 Å². The maximum atomic E-state index is 12.5. The summed E-state index contributed by atoms with van der Waals surface area (Å²) in [6, 6.07) is 4.22. The highest BCUT2D eigenvalue weighted by atomic mass is 35.5. The van der Waals surface area contributed by atoms with Crippen LogP contribution in [0, 0.1) is 17.8 Å². The minimum Gasteiger partial charge on any atom is -0.351 e. The number of rotatable bonds is 3. The zero-order valence-corrected chi connectivity index (χ0v) is 13.8. The molecule has 1 aliphatic heterocycles. The van der Waals surface area contributed by atoms with E-state index in [4.69, 9.17) is 0 Å². The molecule has 1 atom stereocenters. The van der Waals surface area contributed by atoms with Crippen molar-refractivity contribution in [2.45, 2.75) is 39.7 Å². The van der Waals surface area contributed by atoms with Gasteiger partial charge in [-0.25, -0.2) is 0 Å². The molecule has 5 heteroatoms. The topological polar surface area (TPSA) is 41.1 Å². The number of carbonyl (C=O) groups excluding carboxylic acids is 1. The number of nitrogens with one attached hydrogen (secondary N) is 2. The quantitative estimate of drug-likeness (QED) is 0.900. The first-order chi connectivity index (χ1) is 9.06. The molecule has 20 heavy (non-hydrogen) atoms. The van der Waals surface area contributed by atoms with E-state index >= 15 is 0 Å². The molecule has 1 saturated carbocycles. The number of hydrogen-bond acceptors (Lipinski definition) is 3. The van der Waals surface area contributed by atoms with E-state index in [1.54, 1.807) is 11.3 Å². The van der Waals surface area contributed by atoms with E-state index in [1.165, 1.54) is 9.75 Å². The molecule has 1 amide bonds. The van der Waals surface area contributed by atoms with Crippen molar-refractivity contribution in [2.75, 3.05) is 13.1 Å². The number of halogens is 1. The Hall–Kier alpha value is -0.580. The number of amides is 1. The third kappa shape index (κ3) is 2.61. The van der Waals surface area contributed by atoms with Crippen molar-refractivity contribution in [1.29, 1.82) is 0 Å². The lowest BCUT2D eigenvalue weighted by atomic mass is 9.85. The highest BCUT2D eigenvalue weighted by Gasteiger charge is 2.67. The number of carbonyl (C=O) groups is 1. The summed E-state index contributed by atoms with van der Waals surface area (Å²) in [5, 5.41) is 6.53. The Kier molecular flexibility index (Phi) is 4.47. The summed E-state index contributed by atoms with van der Waals surface area (Å²) in [6.45, 7) is 7.05. The van der Waals surface area contributed by atoms with Crippen LogP contribution >= 0.6 is 23.7 Å². The highest BCUT2D eigenvalue weighted by molar-refractivity contribution is 7.11.